The van der Waals surface area contributed by atoms with Gasteiger partial charge in [-0.1, -0.05) is 36.5 Å². The van der Waals surface area contributed by atoms with Crippen LogP contribution in [0.15, 0.2) is 48.5 Å². The van der Waals surface area contributed by atoms with Crippen molar-refractivity contribution >= 4 is 22.9 Å². The Morgan fingerprint density at radius 3 is 2.64 bits per heavy atom. The summed E-state index contributed by atoms with van der Waals surface area (Å²) in [6, 6.07) is 14.1. The molecule has 0 amide bonds. The standard InChI is InChI=1S/C16H16N2O3S/c1-21-15-7-5-12(6-8-15)9-10-17-16(22)13-3-2-4-14(11-13)18(19)20/h2-8,11H,9-10H2,1H3,(H,17,22). The number of nitro groups is 1. The number of benzene rings is 2. The summed E-state index contributed by atoms with van der Waals surface area (Å²) in [5.41, 5.74) is 1.85. The number of nitro benzene ring substituents is 1. The maximum Gasteiger partial charge on any atom is 0.270 e. The SMILES string of the molecule is COc1ccc(CCNC(=S)c2cccc([N+](=O)[O-])c2)cc1. The Kier molecular flexibility index (Phi) is 5.43. The summed E-state index contributed by atoms with van der Waals surface area (Å²) in [4.78, 5) is 10.8. The summed E-state index contributed by atoms with van der Waals surface area (Å²) < 4.78 is 5.11. The van der Waals surface area contributed by atoms with Gasteiger partial charge in [-0.25, -0.2) is 0 Å². The van der Waals surface area contributed by atoms with Crippen molar-refractivity contribution in [2.24, 2.45) is 0 Å². The maximum atomic E-state index is 10.8. The van der Waals surface area contributed by atoms with E-state index in [1.165, 1.54) is 12.1 Å². The number of rotatable bonds is 6. The molecular weight excluding hydrogens is 300 g/mol. The molecule has 1 N–H and O–H groups in total. The molecule has 2 aromatic rings. The Morgan fingerprint density at radius 1 is 1.27 bits per heavy atom. The van der Waals surface area contributed by atoms with Gasteiger partial charge in [0.05, 0.1) is 12.0 Å². The maximum absolute atomic E-state index is 10.8. The lowest BCUT2D eigenvalue weighted by molar-refractivity contribution is -0.384. The van der Waals surface area contributed by atoms with E-state index in [1.54, 1.807) is 19.2 Å². The zero-order valence-electron chi connectivity index (χ0n) is 12.1. The highest BCUT2D eigenvalue weighted by Gasteiger charge is 2.08. The highest BCUT2D eigenvalue weighted by atomic mass is 32.1. The second-order valence-corrected chi connectivity index (χ2v) is 5.07. The third-order valence-electron chi connectivity index (χ3n) is 3.18. The van der Waals surface area contributed by atoms with Crippen LogP contribution in [0, 0.1) is 10.1 Å². The molecule has 0 saturated carbocycles. The third kappa shape index (κ3) is 4.26. The fraction of sp³-hybridized carbons (Fsp3) is 0.188. The number of methoxy groups -OCH3 is 1. The molecule has 0 bridgehead atoms. The molecule has 0 aromatic heterocycles. The Bertz CT molecular complexity index is 671. The smallest absolute Gasteiger partial charge is 0.270 e. The average molecular weight is 316 g/mol. The van der Waals surface area contributed by atoms with Crippen molar-refractivity contribution in [2.45, 2.75) is 6.42 Å². The fourth-order valence-corrected chi connectivity index (χ4v) is 2.20. The summed E-state index contributed by atoms with van der Waals surface area (Å²) in [5.74, 6) is 0.823. The van der Waals surface area contributed by atoms with Crippen LogP contribution in [0.1, 0.15) is 11.1 Å². The molecule has 0 atom stereocenters. The topological polar surface area (TPSA) is 64.4 Å². The molecule has 0 aliphatic heterocycles. The molecule has 0 saturated heterocycles. The molecule has 0 aliphatic carbocycles. The van der Waals surface area contributed by atoms with Crippen molar-refractivity contribution < 1.29 is 9.66 Å². The molecule has 0 radical (unpaired) electrons. The van der Waals surface area contributed by atoms with Crippen molar-refractivity contribution in [1.82, 2.24) is 5.32 Å². The first-order valence-corrected chi connectivity index (χ1v) is 7.16. The second-order valence-electron chi connectivity index (χ2n) is 4.66. The number of hydrogen-bond donors (Lipinski definition) is 1. The normalized spacial score (nSPS) is 10.0. The van der Waals surface area contributed by atoms with Gasteiger partial charge in [-0.15, -0.1) is 0 Å². The van der Waals surface area contributed by atoms with Gasteiger partial charge in [0.15, 0.2) is 0 Å². The largest absolute Gasteiger partial charge is 0.497 e. The van der Waals surface area contributed by atoms with Gasteiger partial charge in [-0.05, 0) is 24.1 Å². The summed E-state index contributed by atoms with van der Waals surface area (Å²) in [6.45, 7) is 0.661. The first-order valence-electron chi connectivity index (χ1n) is 6.76. The van der Waals surface area contributed by atoms with Crippen molar-refractivity contribution in [3.05, 3.63) is 69.8 Å². The van der Waals surface area contributed by atoms with E-state index in [9.17, 15) is 10.1 Å². The summed E-state index contributed by atoms with van der Waals surface area (Å²) >= 11 is 5.27. The van der Waals surface area contributed by atoms with Gasteiger partial charge in [-0.3, -0.25) is 10.1 Å². The van der Waals surface area contributed by atoms with E-state index in [0.717, 1.165) is 17.7 Å². The number of thiocarbonyl (C=S) groups is 1. The minimum absolute atomic E-state index is 0.0387. The Hall–Kier alpha value is -2.47. The van der Waals surface area contributed by atoms with Crippen LogP contribution >= 0.6 is 12.2 Å². The van der Waals surface area contributed by atoms with E-state index < -0.39 is 4.92 Å². The van der Waals surface area contributed by atoms with Crippen LogP contribution in [-0.2, 0) is 6.42 Å². The quantitative estimate of drug-likeness (QED) is 0.504. The molecule has 22 heavy (non-hydrogen) atoms. The van der Waals surface area contributed by atoms with E-state index in [2.05, 4.69) is 5.32 Å². The van der Waals surface area contributed by atoms with Gasteiger partial charge < -0.3 is 10.1 Å². The molecule has 0 aliphatic rings. The van der Waals surface area contributed by atoms with Gasteiger partial charge in [0.25, 0.3) is 5.69 Å². The molecule has 0 fully saturated rings. The van der Waals surface area contributed by atoms with Crippen LogP contribution in [0.2, 0.25) is 0 Å². The number of ether oxygens (including phenoxy) is 1. The lowest BCUT2D eigenvalue weighted by Gasteiger charge is -2.08. The highest BCUT2D eigenvalue weighted by Crippen LogP contribution is 2.14. The van der Waals surface area contributed by atoms with Crippen LogP contribution in [0.4, 0.5) is 5.69 Å². The summed E-state index contributed by atoms with van der Waals surface area (Å²) in [5, 5.41) is 13.9. The van der Waals surface area contributed by atoms with Gasteiger partial charge in [0.2, 0.25) is 0 Å². The predicted molar refractivity (Wildman–Crippen MR) is 89.5 cm³/mol. The van der Waals surface area contributed by atoms with E-state index in [-0.39, 0.29) is 5.69 Å². The zero-order valence-corrected chi connectivity index (χ0v) is 12.9. The highest BCUT2D eigenvalue weighted by molar-refractivity contribution is 7.80. The van der Waals surface area contributed by atoms with Gasteiger partial charge in [0, 0.05) is 24.2 Å². The lowest BCUT2D eigenvalue weighted by atomic mass is 10.1. The van der Waals surface area contributed by atoms with Crippen molar-refractivity contribution in [1.29, 1.82) is 0 Å². The Balaban J connectivity index is 1.89. The van der Waals surface area contributed by atoms with E-state index in [1.807, 2.05) is 24.3 Å². The molecule has 114 valence electrons. The van der Waals surface area contributed by atoms with E-state index >= 15 is 0 Å². The van der Waals surface area contributed by atoms with Crippen molar-refractivity contribution in [3.63, 3.8) is 0 Å². The molecule has 0 heterocycles. The first-order chi connectivity index (χ1) is 10.6. The Morgan fingerprint density at radius 2 is 2.00 bits per heavy atom. The van der Waals surface area contributed by atoms with Gasteiger partial charge in [0.1, 0.15) is 10.7 Å². The Labute approximate surface area is 134 Å². The van der Waals surface area contributed by atoms with Gasteiger partial charge >= 0.3 is 0 Å². The van der Waals surface area contributed by atoms with E-state index in [4.69, 9.17) is 17.0 Å². The van der Waals surface area contributed by atoms with Crippen LogP contribution in [0.3, 0.4) is 0 Å². The minimum Gasteiger partial charge on any atom is -0.497 e. The lowest BCUT2D eigenvalue weighted by Crippen LogP contribution is -2.24. The number of nitrogens with zero attached hydrogens (tertiary/aromatic N) is 1. The molecule has 0 spiro atoms. The first kappa shape index (κ1) is 15.9. The molecule has 5 nitrogen and oxygen atoms in total. The van der Waals surface area contributed by atoms with Crippen LogP contribution in [-0.4, -0.2) is 23.6 Å². The average Bonchev–Trinajstić information content (AvgIpc) is 2.55. The monoisotopic (exact) mass is 316 g/mol. The molecule has 2 aromatic carbocycles. The molecule has 2 rings (SSSR count). The minimum atomic E-state index is -0.427. The van der Waals surface area contributed by atoms with E-state index in [0.29, 0.717) is 17.1 Å². The van der Waals surface area contributed by atoms with Crippen molar-refractivity contribution in [2.75, 3.05) is 13.7 Å². The fourth-order valence-electron chi connectivity index (χ4n) is 1.98. The number of non-ortho nitro benzene ring substituents is 1. The molecule has 0 unspecified atom stereocenters. The molecule has 6 heteroatoms. The van der Waals surface area contributed by atoms with Crippen molar-refractivity contribution in [3.8, 4) is 5.75 Å². The summed E-state index contributed by atoms with van der Waals surface area (Å²) in [7, 11) is 1.63. The third-order valence-corrected chi connectivity index (χ3v) is 3.56. The predicted octanol–water partition coefficient (Wildman–Crippen LogP) is 3.11. The van der Waals surface area contributed by atoms with Gasteiger partial charge in [-0.2, -0.15) is 0 Å². The number of hydrogen-bond acceptors (Lipinski definition) is 4. The van der Waals surface area contributed by atoms with Crippen LogP contribution < -0.4 is 10.1 Å². The van der Waals surface area contributed by atoms with Crippen LogP contribution in [0.25, 0.3) is 0 Å². The summed E-state index contributed by atoms with van der Waals surface area (Å²) in [6.07, 6.45) is 0.805. The number of nitrogens with one attached hydrogen (secondary N) is 1. The zero-order chi connectivity index (χ0) is 15.9. The van der Waals surface area contributed by atoms with Crippen LogP contribution in [0.5, 0.6) is 5.75 Å². The second kappa shape index (κ2) is 7.51. The molecular formula is C16H16N2O3S.